The van der Waals surface area contributed by atoms with E-state index in [1.807, 2.05) is 42.3 Å². The summed E-state index contributed by atoms with van der Waals surface area (Å²) in [5, 5.41) is 9.20. The Kier molecular flexibility index (Phi) is 4.37. The normalized spacial score (nSPS) is 17.0. The molecule has 3 heteroatoms. The number of hydrogen-bond donors (Lipinski definition) is 1. The second-order valence-electron chi connectivity index (χ2n) is 5.02. The van der Waals surface area contributed by atoms with Gasteiger partial charge in [0.1, 0.15) is 0 Å². The molecule has 1 saturated carbocycles. The smallest absolute Gasteiger partial charge is 0.225 e. The van der Waals surface area contributed by atoms with Crippen LogP contribution in [-0.2, 0) is 4.79 Å². The number of nitrogens with zero attached hydrogens (tertiary/aromatic N) is 1. The summed E-state index contributed by atoms with van der Waals surface area (Å²) in [6, 6.07) is 9.94. The number of carbonyl (C=O) groups is 1. The molecule has 0 spiro atoms. The van der Waals surface area contributed by atoms with Gasteiger partial charge in [0.05, 0.1) is 6.04 Å². The molecule has 1 aliphatic rings. The topological polar surface area (TPSA) is 40.5 Å². The minimum Gasteiger partial charge on any atom is -0.396 e. The first-order valence-electron chi connectivity index (χ1n) is 6.66. The van der Waals surface area contributed by atoms with Crippen LogP contribution in [0, 0.1) is 5.92 Å². The largest absolute Gasteiger partial charge is 0.396 e. The Bertz CT molecular complexity index is 387. The van der Waals surface area contributed by atoms with Crippen molar-refractivity contribution in [2.24, 2.45) is 5.92 Å². The van der Waals surface area contributed by atoms with Crippen molar-refractivity contribution in [1.29, 1.82) is 0 Å². The number of aliphatic hydroxyl groups excluding tert-OH is 1. The third kappa shape index (κ3) is 2.72. The first-order valence-corrected chi connectivity index (χ1v) is 6.66. The van der Waals surface area contributed by atoms with Crippen molar-refractivity contribution < 1.29 is 9.90 Å². The minimum atomic E-state index is -0.00991. The summed E-state index contributed by atoms with van der Waals surface area (Å²) in [5.41, 5.74) is 1.10. The molecule has 1 amide bonds. The zero-order chi connectivity index (χ0) is 13.0. The number of rotatable bonds is 5. The maximum Gasteiger partial charge on any atom is 0.225 e. The highest BCUT2D eigenvalue weighted by atomic mass is 16.3. The van der Waals surface area contributed by atoms with E-state index in [9.17, 15) is 9.90 Å². The van der Waals surface area contributed by atoms with Crippen LogP contribution in [0.5, 0.6) is 0 Å². The Hall–Kier alpha value is -1.35. The summed E-state index contributed by atoms with van der Waals surface area (Å²) in [6.07, 6.45) is 3.80. The standard InChI is InChI=1S/C15H21NO2/c1-16(15(18)13-8-5-9-13)14(10-11-17)12-6-3-2-4-7-12/h2-4,6-7,13-14,17H,5,8-11H2,1H3. The van der Waals surface area contributed by atoms with E-state index in [4.69, 9.17) is 0 Å². The number of benzene rings is 1. The van der Waals surface area contributed by atoms with E-state index < -0.39 is 0 Å². The molecule has 18 heavy (non-hydrogen) atoms. The molecule has 0 heterocycles. The number of hydrogen-bond acceptors (Lipinski definition) is 2. The van der Waals surface area contributed by atoms with Gasteiger partial charge in [-0.3, -0.25) is 4.79 Å². The van der Waals surface area contributed by atoms with E-state index in [-0.39, 0.29) is 24.5 Å². The molecule has 0 saturated heterocycles. The monoisotopic (exact) mass is 247 g/mol. The number of amides is 1. The van der Waals surface area contributed by atoms with Crippen molar-refractivity contribution in [3.8, 4) is 0 Å². The summed E-state index contributed by atoms with van der Waals surface area (Å²) in [5.74, 6) is 0.434. The maximum atomic E-state index is 12.3. The van der Waals surface area contributed by atoms with Gasteiger partial charge in [-0.25, -0.2) is 0 Å². The summed E-state index contributed by atoms with van der Waals surface area (Å²) >= 11 is 0. The van der Waals surface area contributed by atoms with Gasteiger partial charge in [0, 0.05) is 19.6 Å². The molecule has 2 rings (SSSR count). The van der Waals surface area contributed by atoms with Gasteiger partial charge in [0.15, 0.2) is 0 Å². The van der Waals surface area contributed by atoms with Crippen LogP contribution in [0.3, 0.4) is 0 Å². The molecular weight excluding hydrogens is 226 g/mol. The lowest BCUT2D eigenvalue weighted by Crippen LogP contribution is -2.39. The first-order chi connectivity index (χ1) is 8.74. The average Bonchev–Trinajstić information content (AvgIpc) is 2.34. The zero-order valence-corrected chi connectivity index (χ0v) is 10.9. The Morgan fingerprint density at radius 3 is 2.56 bits per heavy atom. The molecule has 0 aliphatic heterocycles. The highest BCUT2D eigenvalue weighted by Crippen LogP contribution is 2.31. The number of aliphatic hydroxyl groups is 1. The summed E-state index contributed by atoms with van der Waals surface area (Å²) < 4.78 is 0. The second kappa shape index (κ2) is 6.01. The molecule has 1 atom stereocenters. The third-order valence-electron chi connectivity index (χ3n) is 3.86. The molecule has 3 nitrogen and oxygen atoms in total. The van der Waals surface area contributed by atoms with Crippen LogP contribution in [0.15, 0.2) is 30.3 Å². The van der Waals surface area contributed by atoms with E-state index in [1.54, 1.807) is 0 Å². The average molecular weight is 247 g/mol. The number of carbonyl (C=O) groups excluding carboxylic acids is 1. The van der Waals surface area contributed by atoms with Crippen molar-refractivity contribution in [2.45, 2.75) is 31.7 Å². The SMILES string of the molecule is CN(C(=O)C1CCC1)C(CCO)c1ccccc1. The van der Waals surface area contributed by atoms with Crippen molar-refractivity contribution in [3.05, 3.63) is 35.9 Å². The molecule has 1 aliphatic carbocycles. The van der Waals surface area contributed by atoms with E-state index in [1.165, 1.54) is 6.42 Å². The van der Waals surface area contributed by atoms with Crippen LogP contribution in [-0.4, -0.2) is 29.6 Å². The molecule has 98 valence electrons. The van der Waals surface area contributed by atoms with Crippen LogP contribution >= 0.6 is 0 Å². The Labute approximate surface area is 108 Å². The summed E-state index contributed by atoms with van der Waals surface area (Å²) in [4.78, 5) is 14.1. The molecule has 1 fully saturated rings. The molecule has 1 unspecified atom stereocenters. The minimum absolute atomic E-state index is 0.00991. The summed E-state index contributed by atoms with van der Waals surface area (Å²) in [7, 11) is 1.86. The second-order valence-corrected chi connectivity index (χ2v) is 5.02. The predicted molar refractivity (Wildman–Crippen MR) is 71.0 cm³/mol. The Balaban J connectivity index is 2.11. The molecule has 0 aromatic heterocycles. The Morgan fingerprint density at radius 2 is 2.06 bits per heavy atom. The van der Waals surface area contributed by atoms with E-state index in [0.717, 1.165) is 18.4 Å². The third-order valence-corrected chi connectivity index (χ3v) is 3.86. The highest BCUT2D eigenvalue weighted by molar-refractivity contribution is 5.79. The van der Waals surface area contributed by atoms with Crippen LogP contribution in [0.1, 0.15) is 37.3 Å². The Morgan fingerprint density at radius 1 is 1.39 bits per heavy atom. The highest BCUT2D eigenvalue weighted by Gasteiger charge is 2.31. The van der Waals surface area contributed by atoms with Crippen molar-refractivity contribution in [2.75, 3.05) is 13.7 Å². The predicted octanol–water partition coefficient (Wildman–Crippen LogP) is 2.37. The molecule has 1 aromatic carbocycles. The van der Waals surface area contributed by atoms with Gasteiger partial charge in [-0.05, 0) is 24.8 Å². The molecule has 0 bridgehead atoms. The summed E-state index contributed by atoms with van der Waals surface area (Å²) in [6.45, 7) is 0.0991. The van der Waals surface area contributed by atoms with Gasteiger partial charge in [0.25, 0.3) is 0 Å². The van der Waals surface area contributed by atoms with Gasteiger partial charge in [0.2, 0.25) is 5.91 Å². The van der Waals surface area contributed by atoms with Crippen LogP contribution < -0.4 is 0 Å². The van der Waals surface area contributed by atoms with Gasteiger partial charge >= 0.3 is 0 Å². The van der Waals surface area contributed by atoms with Gasteiger partial charge < -0.3 is 10.0 Å². The lowest BCUT2D eigenvalue weighted by Gasteiger charge is -2.34. The van der Waals surface area contributed by atoms with Crippen LogP contribution in [0.4, 0.5) is 0 Å². The quantitative estimate of drug-likeness (QED) is 0.867. The van der Waals surface area contributed by atoms with E-state index in [0.29, 0.717) is 6.42 Å². The fourth-order valence-electron chi connectivity index (χ4n) is 2.48. The molecule has 1 aromatic rings. The van der Waals surface area contributed by atoms with Crippen molar-refractivity contribution in [1.82, 2.24) is 4.90 Å². The fraction of sp³-hybridized carbons (Fsp3) is 0.533. The first kappa shape index (κ1) is 13.1. The maximum absolute atomic E-state index is 12.3. The van der Waals surface area contributed by atoms with Crippen LogP contribution in [0.25, 0.3) is 0 Å². The van der Waals surface area contributed by atoms with Crippen LogP contribution in [0.2, 0.25) is 0 Å². The molecule has 1 N–H and O–H groups in total. The van der Waals surface area contributed by atoms with E-state index in [2.05, 4.69) is 0 Å². The van der Waals surface area contributed by atoms with Gasteiger partial charge in [-0.1, -0.05) is 36.8 Å². The fourth-order valence-corrected chi connectivity index (χ4v) is 2.48. The lowest BCUT2D eigenvalue weighted by atomic mass is 9.84. The zero-order valence-electron chi connectivity index (χ0n) is 10.9. The molecular formula is C15H21NO2. The molecule has 0 radical (unpaired) electrons. The lowest BCUT2D eigenvalue weighted by molar-refractivity contribution is -0.139. The van der Waals surface area contributed by atoms with Crippen molar-refractivity contribution >= 4 is 5.91 Å². The van der Waals surface area contributed by atoms with Gasteiger partial charge in [-0.15, -0.1) is 0 Å². The van der Waals surface area contributed by atoms with Crippen molar-refractivity contribution in [3.63, 3.8) is 0 Å². The van der Waals surface area contributed by atoms with E-state index >= 15 is 0 Å². The van der Waals surface area contributed by atoms with Gasteiger partial charge in [-0.2, -0.15) is 0 Å².